The van der Waals surface area contributed by atoms with Crippen LogP contribution < -0.4 is 5.32 Å². The maximum absolute atomic E-state index is 12.2. The first kappa shape index (κ1) is 14.9. The standard InChI is InChI=1S/C19H24N2O/c1-14(15-10-11-15)21(2)19(22)20-13-12-17-8-5-7-16-6-3-4-9-18(16)17/h3-9,14-15H,10-13H2,1-2H3,(H,20,22). The van der Waals surface area contributed by atoms with Crippen molar-refractivity contribution < 1.29 is 4.79 Å². The molecule has 2 aromatic rings. The second-order valence-electron chi connectivity index (χ2n) is 6.31. The third-order valence-electron chi connectivity index (χ3n) is 4.79. The molecule has 22 heavy (non-hydrogen) atoms. The van der Waals surface area contributed by atoms with Gasteiger partial charge in [-0.25, -0.2) is 4.79 Å². The molecule has 0 aromatic heterocycles. The molecular formula is C19H24N2O. The number of carbonyl (C=O) groups excluding carboxylic acids is 1. The summed E-state index contributed by atoms with van der Waals surface area (Å²) in [6.07, 6.45) is 3.38. The summed E-state index contributed by atoms with van der Waals surface area (Å²) in [6.45, 7) is 2.82. The summed E-state index contributed by atoms with van der Waals surface area (Å²) in [5.41, 5.74) is 1.29. The van der Waals surface area contributed by atoms with Gasteiger partial charge in [0.25, 0.3) is 0 Å². The van der Waals surface area contributed by atoms with Gasteiger partial charge in [0.1, 0.15) is 0 Å². The Kier molecular flexibility index (Phi) is 4.32. The van der Waals surface area contributed by atoms with E-state index in [1.54, 1.807) is 0 Å². The number of nitrogens with zero attached hydrogens (tertiary/aromatic N) is 1. The number of carbonyl (C=O) groups is 1. The van der Waals surface area contributed by atoms with E-state index in [0.29, 0.717) is 18.5 Å². The molecule has 0 radical (unpaired) electrons. The summed E-state index contributed by atoms with van der Waals surface area (Å²) < 4.78 is 0. The SMILES string of the molecule is CC(C1CC1)N(C)C(=O)NCCc1cccc2ccccc12. The maximum atomic E-state index is 12.2. The zero-order valence-electron chi connectivity index (χ0n) is 13.4. The second-order valence-corrected chi connectivity index (χ2v) is 6.31. The molecule has 1 aliphatic carbocycles. The van der Waals surface area contributed by atoms with Gasteiger partial charge in [0, 0.05) is 19.6 Å². The van der Waals surface area contributed by atoms with E-state index in [9.17, 15) is 4.79 Å². The molecule has 0 saturated heterocycles. The average Bonchev–Trinajstić information content (AvgIpc) is 3.38. The molecule has 1 unspecified atom stereocenters. The Hall–Kier alpha value is -2.03. The molecular weight excluding hydrogens is 272 g/mol. The van der Waals surface area contributed by atoms with Crippen LogP contribution in [0.4, 0.5) is 4.79 Å². The van der Waals surface area contributed by atoms with Crippen LogP contribution in [0.3, 0.4) is 0 Å². The van der Waals surface area contributed by atoms with Crippen LogP contribution in [0.1, 0.15) is 25.3 Å². The van der Waals surface area contributed by atoms with Crippen molar-refractivity contribution in [3.05, 3.63) is 48.0 Å². The number of amides is 2. The minimum atomic E-state index is 0.0413. The van der Waals surface area contributed by atoms with E-state index in [1.807, 2.05) is 11.9 Å². The fourth-order valence-electron chi connectivity index (χ4n) is 3.02. The van der Waals surface area contributed by atoms with Gasteiger partial charge in [-0.3, -0.25) is 0 Å². The fraction of sp³-hybridized carbons (Fsp3) is 0.421. The Labute approximate surface area is 132 Å². The third-order valence-corrected chi connectivity index (χ3v) is 4.79. The van der Waals surface area contributed by atoms with Gasteiger partial charge >= 0.3 is 6.03 Å². The number of urea groups is 1. The average molecular weight is 296 g/mol. The summed E-state index contributed by atoms with van der Waals surface area (Å²) in [6, 6.07) is 15.1. The first-order valence-corrected chi connectivity index (χ1v) is 8.14. The van der Waals surface area contributed by atoms with Crippen molar-refractivity contribution in [2.75, 3.05) is 13.6 Å². The highest BCUT2D eigenvalue weighted by molar-refractivity contribution is 5.85. The van der Waals surface area contributed by atoms with Crippen molar-refractivity contribution >= 4 is 16.8 Å². The van der Waals surface area contributed by atoms with Gasteiger partial charge in [0.15, 0.2) is 0 Å². The Bertz CT molecular complexity index is 658. The van der Waals surface area contributed by atoms with Crippen molar-refractivity contribution in [2.24, 2.45) is 5.92 Å². The number of fused-ring (bicyclic) bond motifs is 1. The monoisotopic (exact) mass is 296 g/mol. The van der Waals surface area contributed by atoms with E-state index < -0.39 is 0 Å². The summed E-state index contributed by atoms with van der Waals surface area (Å²) in [4.78, 5) is 14.0. The quantitative estimate of drug-likeness (QED) is 0.893. The van der Waals surface area contributed by atoms with E-state index in [2.05, 4.69) is 54.7 Å². The Morgan fingerprint density at radius 1 is 1.23 bits per heavy atom. The first-order chi connectivity index (χ1) is 10.7. The van der Waals surface area contributed by atoms with Gasteiger partial charge in [-0.1, -0.05) is 42.5 Å². The Morgan fingerprint density at radius 3 is 2.73 bits per heavy atom. The number of nitrogens with one attached hydrogen (secondary N) is 1. The van der Waals surface area contributed by atoms with Crippen LogP contribution in [-0.2, 0) is 6.42 Å². The summed E-state index contributed by atoms with van der Waals surface area (Å²) >= 11 is 0. The lowest BCUT2D eigenvalue weighted by molar-refractivity contribution is 0.188. The van der Waals surface area contributed by atoms with E-state index >= 15 is 0 Å². The highest BCUT2D eigenvalue weighted by Crippen LogP contribution is 2.34. The topological polar surface area (TPSA) is 32.3 Å². The highest BCUT2D eigenvalue weighted by Gasteiger charge is 2.32. The van der Waals surface area contributed by atoms with Gasteiger partial charge in [-0.05, 0) is 48.4 Å². The van der Waals surface area contributed by atoms with Gasteiger partial charge < -0.3 is 10.2 Å². The zero-order chi connectivity index (χ0) is 15.5. The van der Waals surface area contributed by atoms with Crippen LogP contribution in [0, 0.1) is 5.92 Å². The van der Waals surface area contributed by atoms with Crippen LogP contribution >= 0.6 is 0 Å². The molecule has 0 spiro atoms. The minimum absolute atomic E-state index is 0.0413. The molecule has 0 bridgehead atoms. The van der Waals surface area contributed by atoms with Gasteiger partial charge in [0.05, 0.1) is 0 Å². The van der Waals surface area contributed by atoms with Crippen LogP contribution in [0.15, 0.2) is 42.5 Å². The second kappa shape index (κ2) is 6.39. The third kappa shape index (κ3) is 3.24. The molecule has 2 amide bonds. The first-order valence-electron chi connectivity index (χ1n) is 8.14. The van der Waals surface area contributed by atoms with Gasteiger partial charge in [0.2, 0.25) is 0 Å². The molecule has 1 atom stereocenters. The van der Waals surface area contributed by atoms with Crippen LogP contribution in [0.25, 0.3) is 10.8 Å². The van der Waals surface area contributed by atoms with Crippen LogP contribution in [-0.4, -0.2) is 30.6 Å². The van der Waals surface area contributed by atoms with Gasteiger partial charge in [-0.15, -0.1) is 0 Å². The molecule has 3 rings (SSSR count). The van der Waals surface area contributed by atoms with Crippen LogP contribution in [0.5, 0.6) is 0 Å². The lowest BCUT2D eigenvalue weighted by Gasteiger charge is -2.25. The molecule has 116 valence electrons. The predicted molar refractivity (Wildman–Crippen MR) is 91.0 cm³/mol. The largest absolute Gasteiger partial charge is 0.338 e. The molecule has 0 aliphatic heterocycles. The summed E-state index contributed by atoms with van der Waals surface area (Å²) in [5, 5.41) is 5.58. The van der Waals surface area contributed by atoms with Gasteiger partial charge in [-0.2, -0.15) is 0 Å². The molecule has 1 N–H and O–H groups in total. The van der Waals surface area contributed by atoms with Crippen molar-refractivity contribution in [3.63, 3.8) is 0 Å². The number of hydrogen-bond donors (Lipinski definition) is 1. The zero-order valence-corrected chi connectivity index (χ0v) is 13.4. The summed E-state index contributed by atoms with van der Waals surface area (Å²) in [7, 11) is 1.90. The molecule has 1 fully saturated rings. The van der Waals surface area contributed by atoms with Crippen molar-refractivity contribution in [2.45, 2.75) is 32.2 Å². The molecule has 3 heteroatoms. The van der Waals surface area contributed by atoms with E-state index in [1.165, 1.54) is 29.2 Å². The van der Waals surface area contributed by atoms with Crippen molar-refractivity contribution in [1.82, 2.24) is 10.2 Å². The number of hydrogen-bond acceptors (Lipinski definition) is 1. The minimum Gasteiger partial charge on any atom is -0.338 e. The molecule has 0 heterocycles. The summed E-state index contributed by atoms with van der Waals surface area (Å²) in [5.74, 6) is 0.703. The number of rotatable bonds is 5. The van der Waals surface area contributed by atoms with E-state index in [-0.39, 0.29) is 6.03 Å². The van der Waals surface area contributed by atoms with Crippen molar-refractivity contribution in [1.29, 1.82) is 0 Å². The highest BCUT2D eigenvalue weighted by atomic mass is 16.2. The lowest BCUT2D eigenvalue weighted by Crippen LogP contribution is -2.43. The smallest absolute Gasteiger partial charge is 0.317 e. The molecule has 1 saturated carbocycles. The predicted octanol–water partition coefficient (Wildman–Crippen LogP) is 3.82. The Morgan fingerprint density at radius 2 is 1.95 bits per heavy atom. The van der Waals surface area contributed by atoms with E-state index in [4.69, 9.17) is 0 Å². The fourth-order valence-corrected chi connectivity index (χ4v) is 3.02. The molecule has 2 aromatic carbocycles. The molecule has 1 aliphatic rings. The van der Waals surface area contributed by atoms with Crippen LogP contribution in [0.2, 0.25) is 0 Å². The van der Waals surface area contributed by atoms with E-state index in [0.717, 1.165) is 6.42 Å². The molecule has 3 nitrogen and oxygen atoms in total. The Balaban J connectivity index is 1.57. The van der Waals surface area contributed by atoms with Crippen molar-refractivity contribution in [3.8, 4) is 0 Å². The maximum Gasteiger partial charge on any atom is 0.317 e. The normalized spacial score (nSPS) is 15.5. The lowest BCUT2D eigenvalue weighted by atomic mass is 10.0. The number of benzene rings is 2.